The van der Waals surface area contributed by atoms with E-state index in [1.807, 2.05) is 64.1 Å². The van der Waals surface area contributed by atoms with E-state index in [9.17, 15) is 27.6 Å². The summed E-state index contributed by atoms with van der Waals surface area (Å²) >= 11 is 0. The molecule has 0 bridgehead atoms. The number of methoxy groups -OCH3 is 1. The van der Waals surface area contributed by atoms with E-state index >= 15 is 0 Å². The van der Waals surface area contributed by atoms with E-state index in [-0.39, 0.29) is 47.8 Å². The van der Waals surface area contributed by atoms with E-state index in [1.165, 1.54) is 0 Å². The minimum absolute atomic E-state index is 0. The van der Waals surface area contributed by atoms with Crippen LogP contribution in [0.25, 0.3) is 10.8 Å². The number of nitrogens with one attached hydrogen (secondary N) is 2. The van der Waals surface area contributed by atoms with Crippen molar-refractivity contribution in [1.29, 1.82) is 0 Å². The Bertz CT molecular complexity index is 1860. The number of carbonyl (C=O) groups is 4. The lowest BCUT2D eigenvalue weighted by Gasteiger charge is -2.27. The van der Waals surface area contributed by atoms with Gasteiger partial charge in [0.05, 0.1) is 18.9 Å². The topological polar surface area (TPSA) is 196 Å². The number of benzene rings is 1. The van der Waals surface area contributed by atoms with Crippen LogP contribution in [-0.2, 0) is 29.1 Å². The van der Waals surface area contributed by atoms with E-state index in [4.69, 9.17) is 15.2 Å². The maximum atomic E-state index is 14.0. The Kier molecular flexibility index (Phi) is 16.8. The molecular weight excluding hydrogens is 751 g/mol. The van der Waals surface area contributed by atoms with Gasteiger partial charge in [0.2, 0.25) is 27.7 Å². The molecule has 2 aliphatic carbocycles. The van der Waals surface area contributed by atoms with E-state index in [2.05, 4.69) is 33.6 Å². The van der Waals surface area contributed by atoms with Gasteiger partial charge in [-0.25, -0.2) is 18.2 Å². The second kappa shape index (κ2) is 20.3. The van der Waals surface area contributed by atoms with Gasteiger partial charge in [0.15, 0.2) is 0 Å². The Balaban J connectivity index is 0.00000207. The fraction of sp³-hybridized carbons (Fsp3) is 0.643. The molecule has 1 saturated heterocycles. The predicted octanol–water partition coefficient (Wildman–Crippen LogP) is 7.15. The SMILES string of the molecule is CC.CC.CC(C)(C)OC(N)=O.COc1ccc2c(O[C@@H]3C[C@H]4C(=O)N[C@]5(C(=O)NS(=O)(=O)C6CC6)C[C@H]5/C=C\CC[C@H](C)C[C@@H](C)CC(=O)N4C3)nccc2c1.[HH].[HH].[HH]. The highest BCUT2D eigenvalue weighted by Gasteiger charge is 2.62. The highest BCUT2D eigenvalue weighted by Crippen LogP contribution is 2.46. The molecule has 0 radical (unpaired) electrons. The van der Waals surface area contributed by atoms with E-state index in [1.54, 1.807) is 39.0 Å². The van der Waals surface area contributed by atoms with Crippen LogP contribution in [0.1, 0.15) is 118 Å². The van der Waals surface area contributed by atoms with Crippen molar-refractivity contribution in [2.75, 3.05) is 13.7 Å². The monoisotopic (exact) mass is 821 g/mol. The summed E-state index contributed by atoms with van der Waals surface area (Å²) in [6.07, 6.45) is 8.75. The van der Waals surface area contributed by atoms with Crippen LogP contribution in [0.3, 0.4) is 0 Å². The Labute approximate surface area is 343 Å². The van der Waals surface area contributed by atoms with Crippen LogP contribution in [-0.4, -0.2) is 84.3 Å². The number of aromatic nitrogens is 1. The fourth-order valence-electron chi connectivity index (χ4n) is 7.13. The Hall–Kier alpha value is -4.40. The zero-order valence-electron chi connectivity index (χ0n) is 35.4. The molecule has 6 rings (SSSR count). The van der Waals surface area contributed by atoms with Gasteiger partial charge in [-0.05, 0) is 101 Å². The molecule has 3 heterocycles. The molecule has 15 heteroatoms. The Morgan fingerprint density at radius 1 is 1.04 bits per heavy atom. The molecular formula is C42H71N5O9S. The second-order valence-electron chi connectivity index (χ2n) is 15.9. The molecule has 2 aliphatic heterocycles. The summed E-state index contributed by atoms with van der Waals surface area (Å²) < 4.78 is 43.9. The average molecular weight is 822 g/mol. The van der Waals surface area contributed by atoms with Crippen molar-refractivity contribution in [3.8, 4) is 11.6 Å². The predicted molar refractivity (Wildman–Crippen MR) is 227 cm³/mol. The maximum Gasteiger partial charge on any atom is 0.405 e. The summed E-state index contributed by atoms with van der Waals surface area (Å²) in [4.78, 5) is 57.3. The van der Waals surface area contributed by atoms with Crippen LogP contribution in [0, 0.1) is 17.8 Å². The summed E-state index contributed by atoms with van der Waals surface area (Å²) in [5.74, 6) is -0.0901. The van der Waals surface area contributed by atoms with E-state index in [0.717, 1.165) is 30.0 Å². The number of amides is 4. The van der Waals surface area contributed by atoms with Crippen molar-refractivity contribution in [1.82, 2.24) is 19.9 Å². The standard InChI is InChI=1S/C33H42N4O7S.C5H11NO2.2C2H6.3H2/c1-20-6-4-5-7-23-18-33(23,32(40)36-45(41,42)26-9-10-26)35-30(39)28-17-25(19-37(28)29(38)15-21(2)14-20)44-31-27-11-8-24(43-3)16-22(27)12-13-34-31;1-5(2,3)8-4(6)7;2*1-2;;;/h5,7-8,11-13,16,20-21,23,25-26,28H,4,6,9-10,14-15,17-19H2,1-3H3,(H,35,39)(H,36,40);1-3H3,(H2,6,7);2*1-2H3;3*1H/b7-5-;;;;;;/t20-,21+,23+,25+,28-,33+;;;;;;/m0....../s1. The Morgan fingerprint density at radius 3 is 2.32 bits per heavy atom. The van der Waals surface area contributed by atoms with Gasteiger partial charge in [0.25, 0.3) is 5.91 Å². The smallest absolute Gasteiger partial charge is 0.405 e. The highest BCUT2D eigenvalue weighted by molar-refractivity contribution is 7.91. The first-order valence-electron chi connectivity index (χ1n) is 20.3. The van der Waals surface area contributed by atoms with Crippen LogP contribution in [0.2, 0.25) is 0 Å². The third-order valence-electron chi connectivity index (χ3n) is 9.99. The molecule has 0 unspecified atom stereocenters. The minimum atomic E-state index is -3.81. The van der Waals surface area contributed by atoms with Gasteiger partial charge in [-0.3, -0.25) is 19.1 Å². The molecule has 14 nitrogen and oxygen atoms in total. The number of carbonyl (C=O) groups excluding carboxylic acids is 4. The molecule has 324 valence electrons. The van der Waals surface area contributed by atoms with Crippen LogP contribution in [0.4, 0.5) is 4.79 Å². The number of ether oxygens (including phenoxy) is 3. The van der Waals surface area contributed by atoms with Gasteiger partial charge in [-0.1, -0.05) is 53.7 Å². The number of sulfonamides is 1. The third-order valence-corrected chi connectivity index (χ3v) is 11.8. The van der Waals surface area contributed by atoms with Gasteiger partial charge in [-0.2, -0.15) is 0 Å². The molecule has 3 fully saturated rings. The van der Waals surface area contributed by atoms with Gasteiger partial charge in [-0.15, -0.1) is 0 Å². The summed E-state index contributed by atoms with van der Waals surface area (Å²) in [5.41, 5.74) is 2.87. The van der Waals surface area contributed by atoms with Crippen molar-refractivity contribution in [2.45, 2.75) is 142 Å². The maximum absolute atomic E-state index is 14.0. The Morgan fingerprint density at radius 2 is 1.72 bits per heavy atom. The number of nitrogens with zero attached hydrogens (tertiary/aromatic N) is 2. The summed E-state index contributed by atoms with van der Waals surface area (Å²) in [5, 5.41) is 4.00. The molecule has 0 spiro atoms. The van der Waals surface area contributed by atoms with E-state index in [0.29, 0.717) is 30.4 Å². The van der Waals surface area contributed by atoms with Crippen molar-refractivity contribution in [3.05, 3.63) is 42.6 Å². The second-order valence-corrected chi connectivity index (χ2v) is 17.8. The van der Waals surface area contributed by atoms with Gasteiger partial charge in [0.1, 0.15) is 29.0 Å². The largest absolute Gasteiger partial charge is 0.497 e. The lowest BCUT2D eigenvalue weighted by Crippen LogP contribution is -2.56. The molecule has 4 amide bonds. The van der Waals surface area contributed by atoms with Crippen LogP contribution < -0.4 is 25.2 Å². The number of rotatable bonds is 6. The normalized spacial score (nSPS) is 26.6. The molecule has 1 aromatic carbocycles. The molecule has 4 N–H and O–H groups in total. The zero-order chi connectivity index (χ0) is 42.7. The number of pyridine rings is 1. The number of primary amides is 1. The van der Waals surface area contributed by atoms with Crippen molar-refractivity contribution in [3.63, 3.8) is 0 Å². The molecule has 2 saturated carbocycles. The molecule has 1 aromatic heterocycles. The number of nitrogens with two attached hydrogens (primary N) is 1. The molecule has 57 heavy (non-hydrogen) atoms. The first kappa shape index (κ1) is 47.0. The molecule has 2 aromatic rings. The van der Waals surface area contributed by atoms with E-state index < -0.39 is 56.5 Å². The minimum Gasteiger partial charge on any atom is -0.497 e. The van der Waals surface area contributed by atoms with Crippen molar-refractivity contribution in [2.24, 2.45) is 23.5 Å². The lowest BCUT2D eigenvalue weighted by molar-refractivity contribution is -0.140. The van der Waals surface area contributed by atoms with Crippen molar-refractivity contribution >= 4 is 44.6 Å². The number of hydrogen-bond donors (Lipinski definition) is 3. The van der Waals surface area contributed by atoms with Gasteiger partial charge >= 0.3 is 6.09 Å². The van der Waals surface area contributed by atoms with Crippen molar-refractivity contribution < 1.29 is 46.1 Å². The van der Waals surface area contributed by atoms with Gasteiger partial charge < -0.3 is 30.2 Å². The number of fused-ring (bicyclic) bond motifs is 3. The first-order valence-corrected chi connectivity index (χ1v) is 21.9. The summed E-state index contributed by atoms with van der Waals surface area (Å²) in [6, 6.07) is 6.54. The highest BCUT2D eigenvalue weighted by atomic mass is 32.2. The average Bonchev–Trinajstić information content (AvgIpc) is 4.07. The number of allylic oxidation sites excluding steroid dienone is 1. The summed E-state index contributed by atoms with van der Waals surface area (Å²) in [6.45, 7) is 17.7. The van der Waals surface area contributed by atoms with Crippen LogP contribution >= 0.6 is 0 Å². The first-order chi connectivity index (χ1) is 26.9. The summed E-state index contributed by atoms with van der Waals surface area (Å²) in [7, 11) is -2.21. The van der Waals surface area contributed by atoms with Crippen LogP contribution in [0.5, 0.6) is 11.6 Å². The molecule has 6 atom stereocenters. The lowest BCUT2D eigenvalue weighted by atomic mass is 9.91. The number of hydrogen-bond acceptors (Lipinski definition) is 10. The quantitative estimate of drug-likeness (QED) is 0.252. The fourth-order valence-corrected chi connectivity index (χ4v) is 8.49. The van der Waals surface area contributed by atoms with Crippen LogP contribution in [0.15, 0.2) is 42.6 Å². The zero-order valence-corrected chi connectivity index (χ0v) is 36.2. The third kappa shape index (κ3) is 13.1. The van der Waals surface area contributed by atoms with Gasteiger partial charge in [0, 0.05) is 34.6 Å². The molecule has 4 aliphatic rings.